The fraction of sp³-hybridized carbons (Fsp3) is 0.417. The number of hydrogen-bond acceptors (Lipinski definition) is 13. The van der Waals surface area contributed by atoms with Crippen molar-refractivity contribution in [2.24, 2.45) is 11.3 Å². The summed E-state index contributed by atoms with van der Waals surface area (Å²) in [6.45, 7) is 10.7. The first-order valence-corrected chi connectivity index (χ1v) is 24.5. The first-order valence-electron chi connectivity index (χ1n) is 22.6. The number of nitro benzene ring substituents is 1. The number of ether oxygens (including phenoxy) is 3. The summed E-state index contributed by atoms with van der Waals surface area (Å²) in [6.07, 6.45) is 6.53. The molecular formula is C48H53ClN8O8S. The third-order valence-electron chi connectivity index (χ3n) is 13.7. The zero-order valence-electron chi connectivity index (χ0n) is 37.0. The van der Waals surface area contributed by atoms with Gasteiger partial charge in [0.2, 0.25) is 5.88 Å². The largest absolute Gasteiger partial charge is 0.489 e. The average molecular weight is 938 g/mol. The maximum atomic E-state index is 14.4. The number of aromatic amines is 1. The van der Waals surface area contributed by atoms with Gasteiger partial charge in [0.05, 0.1) is 33.7 Å². The second kappa shape index (κ2) is 17.7. The molecule has 2 fully saturated rings. The van der Waals surface area contributed by atoms with Crippen molar-refractivity contribution in [3.8, 4) is 11.6 Å². The fourth-order valence-corrected chi connectivity index (χ4v) is 11.2. The lowest BCUT2D eigenvalue weighted by Crippen LogP contribution is -2.47. The molecule has 66 heavy (non-hydrogen) atoms. The predicted octanol–water partition coefficient (Wildman–Crippen LogP) is 8.16. The molecule has 0 bridgehead atoms. The Bertz CT molecular complexity index is 2840. The van der Waals surface area contributed by atoms with Crippen molar-refractivity contribution < 1.29 is 32.3 Å². The number of benzene rings is 3. The Kier molecular flexibility index (Phi) is 11.8. The van der Waals surface area contributed by atoms with Crippen molar-refractivity contribution in [3.05, 3.63) is 105 Å². The summed E-state index contributed by atoms with van der Waals surface area (Å²) in [6, 6.07) is 19.4. The molecule has 2 aromatic heterocycles. The molecule has 1 atom stereocenters. The van der Waals surface area contributed by atoms with E-state index in [1.165, 1.54) is 22.8 Å². The van der Waals surface area contributed by atoms with Gasteiger partial charge in [-0.3, -0.25) is 19.8 Å². The molecule has 10 rings (SSSR count). The zero-order chi connectivity index (χ0) is 45.7. The molecule has 3 N–H and O–H groups in total. The number of carbonyl (C=O) groups excluding carboxylic acids is 1. The van der Waals surface area contributed by atoms with Crippen molar-refractivity contribution in [2.75, 3.05) is 80.8 Å². The normalized spacial score (nSPS) is 20.2. The van der Waals surface area contributed by atoms with Gasteiger partial charge in [-0.05, 0) is 97.0 Å². The number of fused-ring (bicyclic) bond motifs is 3. The maximum absolute atomic E-state index is 14.4. The number of nitrogens with zero attached hydrogens (tertiary/aromatic N) is 5. The molecule has 2 saturated heterocycles. The third-order valence-corrected chi connectivity index (χ3v) is 15.3. The van der Waals surface area contributed by atoms with E-state index in [0.717, 1.165) is 87.0 Å². The molecular weight excluding hydrogens is 884 g/mol. The fourth-order valence-electron chi connectivity index (χ4n) is 10.0. The first-order chi connectivity index (χ1) is 31.8. The third kappa shape index (κ3) is 8.88. The van der Waals surface area contributed by atoms with E-state index < -0.39 is 31.4 Å². The first kappa shape index (κ1) is 44.0. The average Bonchev–Trinajstić information content (AvgIpc) is 3.78. The highest BCUT2D eigenvalue weighted by molar-refractivity contribution is 7.90. The highest BCUT2D eigenvalue weighted by atomic mass is 35.5. The summed E-state index contributed by atoms with van der Waals surface area (Å²) in [4.78, 5) is 40.3. The van der Waals surface area contributed by atoms with Crippen LogP contribution in [0.2, 0.25) is 5.02 Å². The highest BCUT2D eigenvalue weighted by Crippen LogP contribution is 2.45. The lowest BCUT2D eigenvalue weighted by atomic mass is 9.72. The van der Waals surface area contributed by atoms with E-state index in [4.69, 9.17) is 30.8 Å². The van der Waals surface area contributed by atoms with Crippen LogP contribution >= 0.6 is 11.6 Å². The summed E-state index contributed by atoms with van der Waals surface area (Å²) in [5, 5.41) is 17.2. The van der Waals surface area contributed by atoms with Crippen molar-refractivity contribution in [2.45, 2.75) is 56.9 Å². The van der Waals surface area contributed by atoms with Gasteiger partial charge in [0.1, 0.15) is 24.5 Å². The number of halogens is 1. The van der Waals surface area contributed by atoms with Gasteiger partial charge in [0, 0.05) is 80.4 Å². The van der Waals surface area contributed by atoms with E-state index in [0.29, 0.717) is 42.7 Å². The Balaban J connectivity index is 0.926. The van der Waals surface area contributed by atoms with Crippen molar-refractivity contribution >= 4 is 72.6 Å². The molecule has 0 saturated carbocycles. The molecule has 1 amide bonds. The summed E-state index contributed by atoms with van der Waals surface area (Å²) in [5.41, 5.74) is 6.70. The highest BCUT2D eigenvalue weighted by Gasteiger charge is 2.36. The number of rotatable bonds is 10. The quantitative estimate of drug-likeness (QED) is 0.0901. The van der Waals surface area contributed by atoms with Gasteiger partial charge >= 0.3 is 0 Å². The molecule has 1 aliphatic carbocycles. The number of nitrogens with one attached hydrogen (secondary N) is 3. The topological polar surface area (TPSA) is 184 Å². The lowest BCUT2D eigenvalue weighted by Gasteiger charge is -2.39. The Morgan fingerprint density at radius 2 is 1.76 bits per heavy atom. The van der Waals surface area contributed by atoms with E-state index in [2.05, 4.69) is 50.8 Å². The Morgan fingerprint density at radius 1 is 0.970 bits per heavy atom. The molecule has 0 radical (unpaired) electrons. The summed E-state index contributed by atoms with van der Waals surface area (Å²) < 4.78 is 47.9. The van der Waals surface area contributed by atoms with E-state index in [-0.39, 0.29) is 47.6 Å². The summed E-state index contributed by atoms with van der Waals surface area (Å²) >= 11 is 6.27. The monoisotopic (exact) mass is 936 g/mol. The van der Waals surface area contributed by atoms with Gasteiger partial charge in [0.15, 0.2) is 11.4 Å². The van der Waals surface area contributed by atoms with Crippen LogP contribution in [0.25, 0.3) is 16.6 Å². The number of anilines is 4. The summed E-state index contributed by atoms with van der Waals surface area (Å²) in [5.74, 6) is -0.318. The number of allylic oxidation sites excluding steroid dienone is 1. The number of pyridine rings is 1. The van der Waals surface area contributed by atoms with Crippen molar-refractivity contribution in [1.29, 1.82) is 0 Å². The van der Waals surface area contributed by atoms with Crippen LogP contribution in [-0.4, -0.2) is 106 Å². The molecule has 3 aromatic carbocycles. The SMILES string of the molecule is CC1(C)CCC(CN2CCN(c3ccc(C(=O)NS(=O)(=O)c4cc5c(c([N+](=O)[O-])c4)N[C@@H](C4CCOCC4)CO5)c(N4CCOc5nc6[nH]ccc6cc54)c3)CC2)=C(c2ccc(Cl)cc2)C1. The molecule has 0 unspecified atom stereocenters. The van der Waals surface area contributed by atoms with E-state index in [1.807, 2.05) is 41.3 Å². The van der Waals surface area contributed by atoms with Crippen LogP contribution in [0.15, 0.2) is 83.4 Å². The van der Waals surface area contributed by atoms with Gasteiger partial charge in [-0.1, -0.05) is 43.2 Å². The van der Waals surface area contributed by atoms with Gasteiger partial charge < -0.3 is 34.3 Å². The Labute approximate surface area is 388 Å². The molecule has 4 aliphatic heterocycles. The second-order valence-electron chi connectivity index (χ2n) is 18.6. The van der Waals surface area contributed by atoms with Crippen LogP contribution in [0.4, 0.5) is 28.4 Å². The molecule has 0 spiro atoms. The van der Waals surface area contributed by atoms with Gasteiger partial charge in [0.25, 0.3) is 21.6 Å². The van der Waals surface area contributed by atoms with Gasteiger partial charge in [-0.2, -0.15) is 4.98 Å². The van der Waals surface area contributed by atoms with Crippen LogP contribution in [-0.2, 0) is 14.8 Å². The minimum atomic E-state index is -4.65. The number of aromatic nitrogens is 2. The number of H-pyrrole nitrogens is 1. The predicted molar refractivity (Wildman–Crippen MR) is 254 cm³/mol. The number of piperazine rings is 1. The maximum Gasteiger partial charge on any atom is 0.297 e. The van der Waals surface area contributed by atoms with Crippen molar-refractivity contribution in [3.63, 3.8) is 0 Å². The Hall–Kier alpha value is -5.88. The minimum absolute atomic E-state index is 0.0281. The minimum Gasteiger partial charge on any atom is -0.489 e. The lowest BCUT2D eigenvalue weighted by molar-refractivity contribution is -0.384. The van der Waals surface area contributed by atoms with Crippen LogP contribution in [0.5, 0.6) is 11.6 Å². The van der Waals surface area contributed by atoms with Crippen LogP contribution in [0, 0.1) is 21.4 Å². The molecule has 346 valence electrons. The van der Waals surface area contributed by atoms with Gasteiger partial charge in [-0.25, -0.2) is 13.1 Å². The van der Waals surface area contributed by atoms with E-state index in [1.54, 1.807) is 12.3 Å². The standard InChI is InChI=1S/C48H53ClN8O8S/c1-48(2)13-9-33(38(27-48)30-3-5-34(49)6-4-30)28-54-15-17-55(18-16-54)35-7-8-37(40(24-35)56-19-22-64-47-42(56)23-32-10-14-50-45(32)52-47)46(58)53-66(61,62)36-25-41(57(59)60)44-43(26-36)65-29-39(51-44)31-11-20-63-21-12-31/h3-8,10,14,23-26,31,39,51H,9,11-13,15-22,27-29H2,1-2H3,(H,50,52)(H,53,58)/t39-/m1/s1. The number of carbonyl (C=O) groups is 1. The summed E-state index contributed by atoms with van der Waals surface area (Å²) in [7, 11) is -4.65. The molecule has 16 nitrogen and oxygen atoms in total. The van der Waals surface area contributed by atoms with Gasteiger partial charge in [-0.15, -0.1) is 0 Å². The van der Waals surface area contributed by atoms with E-state index in [9.17, 15) is 23.3 Å². The Morgan fingerprint density at radius 3 is 2.53 bits per heavy atom. The molecule has 5 aliphatic rings. The number of hydrogen-bond donors (Lipinski definition) is 3. The second-order valence-corrected chi connectivity index (χ2v) is 20.8. The number of nitro groups is 1. The number of amides is 1. The molecule has 6 heterocycles. The molecule has 18 heteroatoms. The van der Waals surface area contributed by atoms with Crippen molar-refractivity contribution in [1.82, 2.24) is 19.6 Å². The number of sulfonamides is 1. The zero-order valence-corrected chi connectivity index (χ0v) is 38.6. The molecule has 5 aromatic rings. The van der Waals surface area contributed by atoms with Crippen LogP contribution in [0.3, 0.4) is 0 Å². The van der Waals surface area contributed by atoms with E-state index >= 15 is 0 Å². The van der Waals surface area contributed by atoms with Crippen LogP contribution < -0.4 is 29.3 Å². The van der Waals surface area contributed by atoms with Crippen LogP contribution in [0.1, 0.15) is 61.9 Å². The smallest absolute Gasteiger partial charge is 0.297 e.